The summed E-state index contributed by atoms with van der Waals surface area (Å²) in [6.07, 6.45) is -0.416. The zero-order valence-electron chi connectivity index (χ0n) is 22.1. The summed E-state index contributed by atoms with van der Waals surface area (Å²) in [6.45, 7) is 0. The summed E-state index contributed by atoms with van der Waals surface area (Å²) in [5, 5.41) is 0.571. The number of nitrogens with zero attached hydrogens (tertiary/aromatic N) is 3. The van der Waals surface area contributed by atoms with Gasteiger partial charge in [-0.15, -0.1) is 0 Å². The van der Waals surface area contributed by atoms with Crippen molar-refractivity contribution in [2.45, 2.75) is 6.18 Å². The Morgan fingerprint density at radius 3 is 2.33 bits per heavy atom. The maximum Gasteiger partial charge on any atom is 0.418 e. The predicted molar refractivity (Wildman–Crippen MR) is 153 cm³/mol. The number of benzene rings is 3. The SMILES string of the molecule is O=C(NN/C=C1\C(=O)N(c2ccccc2C(F)(F)F)C(=O)c2ccccc21)c1cc(-c2cccnc2)nc2ccccc12. The minimum absolute atomic E-state index is 0.0275. The molecule has 0 radical (unpaired) electrons. The van der Waals surface area contributed by atoms with Crippen LogP contribution in [0.4, 0.5) is 18.9 Å². The van der Waals surface area contributed by atoms with Crippen LogP contribution in [0.2, 0.25) is 0 Å². The second kappa shape index (κ2) is 10.9. The lowest BCUT2D eigenvalue weighted by atomic mass is 9.93. The third-order valence-electron chi connectivity index (χ3n) is 6.85. The molecule has 3 heterocycles. The van der Waals surface area contributed by atoms with Crippen LogP contribution in [0.25, 0.3) is 27.7 Å². The molecule has 0 bridgehead atoms. The van der Waals surface area contributed by atoms with Crippen LogP contribution in [0.3, 0.4) is 0 Å². The number of anilines is 1. The second-order valence-corrected chi connectivity index (χ2v) is 9.48. The molecule has 6 rings (SSSR count). The van der Waals surface area contributed by atoms with Crippen molar-refractivity contribution in [3.63, 3.8) is 0 Å². The van der Waals surface area contributed by atoms with Gasteiger partial charge in [-0.2, -0.15) is 13.2 Å². The Labute approximate surface area is 242 Å². The van der Waals surface area contributed by atoms with Gasteiger partial charge in [-0.25, -0.2) is 9.88 Å². The molecule has 5 aromatic rings. The van der Waals surface area contributed by atoms with Crippen molar-refractivity contribution in [3.8, 4) is 11.3 Å². The van der Waals surface area contributed by atoms with Gasteiger partial charge in [-0.3, -0.25) is 24.8 Å². The summed E-state index contributed by atoms with van der Waals surface area (Å²) in [5.41, 5.74) is 5.57. The molecule has 3 aromatic carbocycles. The van der Waals surface area contributed by atoms with Crippen molar-refractivity contribution in [2.75, 3.05) is 4.90 Å². The fourth-order valence-electron chi connectivity index (χ4n) is 4.89. The summed E-state index contributed by atoms with van der Waals surface area (Å²) in [7, 11) is 0. The number of aromatic nitrogens is 2. The van der Waals surface area contributed by atoms with E-state index < -0.39 is 35.1 Å². The van der Waals surface area contributed by atoms with Gasteiger partial charge in [0.2, 0.25) is 0 Å². The Hall–Kier alpha value is -5.84. The fraction of sp³-hybridized carbons (Fsp3) is 0.0312. The van der Waals surface area contributed by atoms with Crippen LogP contribution in [0, 0.1) is 0 Å². The number of carbonyl (C=O) groups is 3. The highest BCUT2D eigenvalue weighted by Crippen LogP contribution is 2.40. The predicted octanol–water partition coefficient (Wildman–Crippen LogP) is 5.78. The lowest BCUT2D eigenvalue weighted by Gasteiger charge is -2.30. The van der Waals surface area contributed by atoms with Gasteiger partial charge in [0, 0.05) is 40.7 Å². The first kappa shape index (κ1) is 27.3. The zero-order chi connectivity index (χ0) is 30.1. The maximum atomic E-state index is 13.8. The molecule has 0 atom stereocenters. The molecule has 43 heavy (non-hydrogen) atoms. The van der Waals surface area contributed by atoms with Crippen LogP contribution in [-0.2, 0) is 11.0 Å². The van der Waals surface area contributed by atoms with Gasteiger partial charge in [-0.05, 0) is 42.5 Å². The second-order valence-electron chi connectivity index (χ2n) is 9.48. The van der Waals surface area contributed by atoms with Crippen molar-refractivity contribution in [1.29, 1.82) is 0 Å². The Bertz CT molecular complexity index is 1940. The summed E-state index contributed by atoms with van der Waals surface area (Å²) in [4.78, 5) is 49.5. The number of para-hydroxylation sites is 2. The van der Waals surface area contributed by atoms with E-state index in [0.29, 0.717) is 27.1 Å². The topological polar surface area (TPSA) is 104 Å². The van der Waals surface area contributed by atoms with Crippen LogP contribution in [0.5, 0.6) is 0 Å². The Kier molecular flexibility index (Phi) is 6.90. The van der Waals surface area contributed by atoms with E-state index in [4.69, 9.17) is 0 Å². The molecule has 1 aliphatic rings. The van der Waals surface area contributed by atoms with Crippen LogP contribution < -0.4 is 15.8 Å². The number of hydrogen-bond donors (Lipinski definition) is 2. The zero-order valence-corrected chi connectivity index (χ0v) is 22.1. The van der Waals surface area contributed by atoms with Gasteiger partial charge >= 0.3 is 6.18 Å². The molecule has 0 saturated heterocycles. The van der Waals surface area contributed by atoms with Crippen molar-refractivity contribution in [2.24, 2.45) is 0 Å². The van der Waals surface area contributed by atoms with Crippen molar-refractivity contribution >= 4 is 39.9 Å². The highest BCUT2D eigenvalue weighted by atomic mass is 19.4. The van der Waals surface area contributed by atoms with Crippen molar-refractivity contribution < 1.29 is 27.6 Å². The van der Waals surface area contributed by atoms with E-state index in [2.05, 4.69) is 20.8 Å². The number of hydrazine groups is 1. The van der Waals surface area contributed by atoms with E-state index in [-0.39, 0.29) is 22.3 Å². The smallest absolute Gasteiger partial charge is 0.305 e. The first-order chi connectivity index (χ1) is 20.7. The van der Waals surface area contributed by atoms with E-state index in [0.717, 1.165) is 18.3 Å². The number of alkyl halides is 3. The number of hydrogen-bond acceptors (Lipinski definition) is 6. The number of halogens is 3. The van der Waals surface area contributed by atoms with E-state index in [9.17, 15) is 27.6 Å². The number of fused-ring (bicyclic) bond motifs is 2. The normalized spacial score (nSPS) is 14.1. The first-order valence-corrected chi connectivity index (χ1v) is 12.9. The molecule has 0 saturated carbocycles. The molecule has 212 valence electrons. The molecule has 0 spiro atoms. The van der Waals surface area contributed by atoms with Gasteiger partial charge < -0.3 is 5.43 Å². The van der Waals surface area contributed by atoms with Crippen molar-refractivity contribution in [1.82, 2.24) is 20.8 Å². The third kappa shape index (κ3) is 5.08. The number of amides is 3. The Balaban J connectivity index is 1.35. The van der Waals surface area contributed by atoms with Crippen LogP contribution in [0.1, 0.15) is 31.8 Å². The standard InChI is InChI=1S/C32H20F3N5O3/c33-32(34,35)25-12-4-6-14-28(25)40-30(42)22-11-2-1-9-20(22)24(31(40)43)18-37-39-29(41)23-16-27(19-8-7-15-36-17-19)38-26-13-5-3-10-21(23)26/h1-18,37H,(H,39,41)/b24-18-. The highest BCUT2D eigenvalue weighted by Gasteiger charge is 2.41. The fourth-order valence-corrected chi connectivity index (χ4v) is 4.89. The van der Waals surface area contributed by atoms with Crippen molar-refractivity contribution in [3.05, 3.63) is 132 Å². The van der Waals surface area contributed by atoms with Gasteiger partial charge in [0.25, 0.3) is 17.7 Å². The molecule has 0 fully saturated rings. The molecule has 2 aromatic heterocycles. The van der Waals surface area contributed by atoms with Gasteiger partial charge in [0.05, 0.1) is 33.6 Å². The van der Waals surface area contributed by atoms with E-state index in [1.54, 1.807) is 60.9 Å². The van der Waals surface area contributed by atoms with Gasteiger partial charge in [-0.1, -0.05) is 48.5 Å². The largest absolute Gasteiger partial charge is 0.418 e. The summed E-state index contributed by atoms with van der Waals surface area (Å²) < 4.78 is 41.5. The Morgan fingerprint density at radius 2 is 1.56 bits per heavy atom. The van der Waals surface area contributed by atoms with Gasteiger partial charge in [0.1, 0.15) is 0 Å². The maximum absolute atomic E-state index is 13.8. The number of rotatable bonds is 5. The average Bonchev–Trinajstić information content (AvgIpc) is 3.02. The molecule has 1 aliphatic heterocycles. The highest BCUT2D eigenvalue weighted by molar-refractivity contribution is 6.41. The minimum atomic E-state index is -4.81. The monoisotopic (exact) mass is 579 g/mol. The third-order valence-corrected chi connectivity index (χ3v) is 6.85. The number of carbonyl (C=O) groups excluding carboxylic acids is 3. The number of imide groups is 1. The molecule has 0 unspecified atom stereocenters. The van der Waals surface area contributed by atoms with Crippen LogP contribution in [-0.4, -0.2) is 27.7 Å². The van der Waals surface area contributed by atoms with Gasteiger partial charge in [0.15, 0.2) is 0 Å². The number of nitrogens with one attached hydrogen (secondary N) is 2. The van der Waals surface area contributed by atoms with Crippen LogP contribution >= 0.6 is 0 Å². The summed E-state index contributed by atoms with van der Waals surface area (Å²) >= 11 is 0. The van der Waals surface area contributed by atoms with E-state index in [1.807, 2.05) is 6.07 Å². The molecular weight excluding hydrogens is 559 g/mol. The average molecular weight is 580 g/mol. The molecular formula is C32H20F3N5O3. The van der Waals surface area contributed by atoms with E-state index >= 15 is 0 Å². The Morgan fingerprint density at radius 1 is 0.837 bits per heavy atom. The quantitative estimate of drug-likeness (QED) is 0.156. The minimum Gasteiger partial charge on any atom is -0.305 e. The molecule has 8 nitrogen and oxygen atoms in total. The molecule has 2 N–H and O–H groups in total. The molecule has 0 aliphatic carbocycles. The summed E-state index contributed by atoms with van der Waals surface area (Å²) in [5.74, 6) is -2.45. The lowest BCUT2D eigenvalue weighted by Crippen LogP contribution is -2.43. The number of pyridine rings is 2. The van der Waals surface area contributed by atoms with Crippen LogP contribution in [0.15, 0.2) is 110 Å². The lowest BCUT2D eigenvalue weighted by molar-refractivity contribution is -0.137. The first-order valence-electron chi connectivity index (χ1n) is 12.9. The molecule has 3 amide bonds. The summed E-state index contributed by atoms with van der Waals surface area (Å²) in [6, 6.07) is 22.7. The van der Waals surface area contributed by atoms with E-state index in [1.165, 1.54) is 24.3 Å². The molecule has 11 heteroatoms.